The standard InChI is InChI=1S/C9H9BF3O/c1-2-9(14)7-3-5-8(6-4-7)10(11,12)13/h2-6,9,14H,1H2/q-1. The minimum atomic E-state index is -4.95. The predicted octanol–water partition coefficient (Wildman–Crippen LogP) is 1.96. The fraction of sp³-hybridized carbons (Fsp3) is 0.111. The highest BCUT2D eigenvalue weighted by atomic mass is 19.4. The second-order valence-corrected chi connectivity index (χ2v) is 2.92. The first-order valence-corrected chi connectivity index (χ1v) is 4.05. The highest BCUT2D eigenvalue weighted by Crippen LogP contribution is 2.14. The van der Waals surface area contributed by atoms with Crippen LogP contribution in [0.5, 0.6) is 0 Å². The quantitative estimate of drug-likeness (QED) is 0.585. The van der Waals surface area contributed by atoms with E-state index in [1.54, 1.807) is 0 Å². The lowest BCUT2D eigenvalue weighted by Crippen LogP contribution is -2.33. The summed E-state index contributed by atoms with van der Waals surface area (Å²) in [6, 6.07) is 4.41. The summed E-state index contributed by atoms with van der Waals surface area (Å²) < 4.78 is 36.5. The van der Waals surface area contributed by atoms with Gasteiger partial charge in [0.1, 0.15) is 0 Å². The number of rotatable bonds is 3. The molecule has 14 heavy (non-hydrogen) atoms. The van der Waals surface area contributed by atoms with E-state index in [-0.39, 0.29) is 0 Å². The maximum absolute atomic E-state index is 12.2. The lowest BCUT2D eigenvalue weighted by Gasteiger charge is -2.15. The third-order valence-electron chi connectivity index (χ3n) is 1.88. The van der Waals surface area contributed by atoms with Crippen LogP contribution in [0.15, 0.2) is 36.9 Å². The molecule has 1 N–H and O–H groups in total. The van der Waals surface area contributed by atoms with Gasteiger partial charge in [-0.1, -0.05) is 30.3 Å². The molecule has 0 bridgehead atoms. The lowest BCUT2D eigenvalue weighted by molar-refractivity contribution is 0.229. The predicted molar refractivity (Wildman–Crippen MR) is 50.3 cm³/mol. The Morgan fingerprint density at radius 3 is 2.07 bits per heavy atom. The number of aliphatic hydroxyl groups is 1. The van der Waals surface area contributed by atoms with Crippen molar-refractivity contribution in [3.05, 3.63) is 42.5 Å². The summed E-state index contributed by atoms with van der Waals surface area (Å²) in [5, 5.41) is 9.23. The first-order valence-electron chi connectivity index (χ1n) is 4.05. The molecule has 0 saturated carbocycles. The van der Waals surface area contributed by atoms with Gasteiger partial charge in [0.05, 0.1) is 6.10 Å². The maximum atomic E-state index is 12.2. The van der Waals surface area contributed by atoms with E-state index in [0.29, 0.717) is 5.56 Å². The molecule has 1 unspecified atom stereocenters. The smallest absolute Gasteiger partial charge is 0.445 e. The molecule has 0 radical (unpaired) electrons. The van der Waals surface area contributed by atoms with E-state index in [9.17, 15) is 18.1 Å². The summed E-state index contributed by atoms with van der Waals surface area (Å²) in [7, 11) is 0. The Balaban J connectivity index is 2.95. The zero-order valence-corrected chi connectivity index (χ0v) is 7.33. The molecule has 0 aromatic heterocycles. The SMILES string of the molecule is C=CC(O)c1ccc([B-](F)(F)F)cc1. The van der Waals surface area contributed by atoms with Gasteiger partial charge >= 0.3 is 6.98 Å². The van der Waals surface area contributed by atoms with E-state index in [2.05, 4.69) is 6.58 Å². The first kappa shape index (κ1) is 10.9. The van der Waals surface area contributed by atoms with Crippen LogP contribution in [0.25, 0.3) is 0 Å². The van der Waals surface area contributed by atoms with E-state index in [4.69, 9.17) is 0 Å². The van der Waals surface area contributed by atoms with Crippen LogP contribution in [0.4, 0.5) is 12.9 Å². The van der Waals surface area contributed by atoms with Crippen LogP contribution >= 0.6 is 0 Å². The first-order chi connectivity index (χ1) is 6.45. The molecule has 1 atom stereocenters. The van der Waals surface area contributed by atoms with Gasteiger partial charge in [-0.3, -0.25) is 0 Å². The Bertz CT molecular complexity index is 318. The molecule has 0 amide bonds. The Morgan fingerprint density at radius 1 is 1.21 bits per heavy atom. The van der Waals surface area contributed by atoms with Crippen LogP contribution in [0.1, 0.15) is 11.7 Å². The molecular weight excluding hydrogens is 192 g/mol. The minimum absolute atomic E-state index is 0.406. The van der Waals surface area contributed by atoms with E-state index in [1.165, 1.54) is 18.2 Å². The van der Waals surface area contributed by atoms with Gasteiger partial charge in [-0.15, -0.1) is 12.0 Å². The Morgan fingerprint density at radius 2 is 1.71 bits per heavy atom. The van der Waals surface area contributed by atoms with Crippen molar-refractivity contribution in [1.29, 1.82) is 0 Å². The molecule has 0 aliphatic rings. The monoisotopic (exact) mass is 201 g/mol. The largest absolute Gasteiger partial charge is 0.509 e. The molecule has 76 valence electrons. The van der Waals surface area contributed by atoms with E-state index < -0.39 is 18.5 Å². The van der Waals surface area contributed by atoms with Gasteiger partial charge in [-0.25, -0.2) is 0 Å². The van der Waals surface area contributed by atoms with Gasteiger partial charge in [-0.05, 0) is 5.56 Å². The van der Waals surface area contributed by atoms with Gasteiger partial charge < -0.3 is 18.1 Å². The van der Waals surface area contributed by atoms with Crippen molar-refractivity contribution in [1.82, 2.24) is 0 Å². The Labute approximate surface area is 79.9 Å². The zero-order chi connectivity index (χ0) is 10.8. The molecule has 5 heteroatoms. The maximum Gasteiger partial charge on any atom is 0.509 e. The number of halogens is 3. The summed E-state index contributed by atoms with van der Waals surface area (Å²) in [6.45, 7) is -1.61. The van der Waals surface area contributed by atoms with Crippen molar-refractivity contribution < 1.29 is 18.1 Å². The fourth-order valence-corrected chi connectivity index (χ4v) is 1.05. The van der Waals surface area contributed by atoms with Crippen molar-refractivity contribution in [2.45, 2.75) is 6.10 Å². The molecule has 0 fully saturated rings. The minimum Gasteiger partial charge on any atom is -0.445 e. The molecular formula is C9H9BF3O-. The van der Waals surface area contributed by atoms with Crippen molar-refractivity contribution in [3.8, 4) is 0 Å². The molecule has 1 rings (SSSR count). The summed E-state index contributed by atoms with van der Waals surface area (Å²) in [5.41, 5.74) is -0.256. The van der Waals surface area contributed by atoms with Gasteiger partial charge in [-0.2, -0.15) is 0 Å². The number of hydrogen-bond donors (Lipinski definition) is 1. The van der Waals surface area contributed by atoms with Gasteiger partial charge in [0.2, 0.25) is 0 Å². The highest BCUT2D eigenvalue weighted by Gasteiger charge is 2.25. The van der Waals surface area contributed by atoms with Crippen LogP contribution < -0.4 is 5.46 Å². The summed E-state index contributed by atoms with van der Waals surface area (Å²) in [4.78, 5) is 0. The summed E-state index contributed by atoms with van der Waals surface area (Å²) in [6.07, 6.45) is 0.345. The topological polar surface area (TPSA) is 20.2 Å². The van der Waals surface area contributed by atoms with Crippen LogP contribution in [-0.4, -0.2) is 12.1 Å². The third-order valence-corrected chi connectivity index (χ3v) is 1.88. The average molecular weight is 201 g/mol. The van der Waals surface area contributed by atoms with Crippen molar-refractivity contribution in [2.24, 2.45) is 0 Å². The number of hydrogen-bond acceptors (Lipinski definition) is 1. The van der Waals surface area contributed by atoms with Gasteiger partial charge in [0, 0.05) is 0 Å². The fourth-order valence-electron chi connectivity index (χ4n) is 1.05. The van der Waals surface area contributed by atoms with E-state index >= 15 is 0 Å². The number of benzene rings is 1. The molecule has 0 aliphatic carbocycles. The molecule has 1 nitrogen and oxygen atoms in total. The summed E-state index contributed by atoms with van der Waals surface area (Å²) >= 11 is 0. The molecule has 0 aliphatic heterocycles. The molecule has 1 aromatic rings. The lowest BCUT2D eigenvalue weighted by atomic mass is 9.80. The van der Waals surface area contributed by atoms with Crippen LogP contribution in [0.3, 0.4) is 0 Å². The van der Waals surface area contributed by atoms with E-state index in [1.807, 2.05) is 0 Å². The highest BCUT2D eigenvalue weighted by molar-refractivity contribution is 6.73. The van der Waals surface area contributed by atoms with E-state index in [0.717, 1.165) is 12.1 Å². The Kier molecular flexibility index (Phi) is 3.01. The van der Waals surface area contributed by atoms with Crippen LogP contribution in [0.2, 0.25) is 0 Å². The average Bonchev–Trinajstić information content (AvgIpc) is 2.15. The third kappa shape index (κ3) is 2.39. The van der Waals surface area contributed by atoms with Crippen molar-refractivity contribution in [2.75, 3.05) is 0 Å². The second kappa shape index (κ2) is 3.88. The van der Waals surface area contributed by atoms with Gasteiger partial charge in [0.25, 0.3) is 0 Å². The normalized spacial score (nSPS) is 13.7. The second-order valence-electron chi connectivity index (χ2n) is 2.92. The Hall–Kier alpha value is -1.23. The molecule has 0 spiro atoms. The molecule has 0 saturated heterocycles. The van der Waals surface area contributed by atoms with Gasteiger partial charge in [0.15, 0.2) is 0 Å². The molecule has 0 heterocycles. The van der Waals surface area contributed by atoms with Crippen LogP contribution in [0, 0.1) is 0 Å². The molecule has 1 aromatic carbocycles. The van der Waals surface area contributed by atoms with Crippen molar-refractivity contribution >= 4 is 12.4 Å². The summed E-state index contributed by atoms with van der Waals surface area (Å²) in [5.74, 6) is 0. The van der Waals surface area contributed by atoms with Crippen LogP contribution in [-0.2, 0) is 0 Å². The zero-order valence-electron chi connectivity index (χ0n) is 7.33. The van der Waals surface area contributed by atoms with Crippen molar-refractivity contribution in [3.63, 3.8) is 0 Å². The number of aliphatic hydroxyl groups excluding tert-OH is 1.